The Morgan fingerprint density at radius 1 is 1.15 bits per heavy atom. The van der Waals surface area contributed by atoms with Crippen LogP contribution in [0, 0.1) is 13.8 Å². The van der Waals surface area contributed by atoms with Crippen LogP contribution >= 0.6 is 0 Å². The molecule has 134 valence electrons. The van der Waals surface area contributed by atoms with Gasteiger partial charge < -0.3 is 14.6 Å². The van der Waals surface area contributed by atoms with Crippen molar-refractivity contribution in [2.24, 2.45) is 0 Å². The molecule has 0 saturated heterocycles. The molecule has 3 rings (SSSR count). The summed E-state index contributed by atoms with van der Waals surface area (Å²) in [4.78, 5) is 12.5. The third-order valence-corrected chi connectivity index (χ3v) is 4.31. The first-order valence-corrected chi connectivity index (χ1v) is 8.55. The van der Waals surface area contributed by atoms with Gasteiger partial charge in [-0.2, -0.15) is 0 Å². The Bertz CT molecular complexity index is 868. The Labute approximate surface area is 153 Å². The lowest BCUT2D eigenvalue weighted by atomic mass is 10.1. The first kappa shape index (κ1) is 17.7. The molecule has 0 spiro atoms. The van der Waals surface area contributed by atoms with E-state index in [0.717, 1.165) is 22.6 Å². The summed E-state index contributed by atoms with van der Waals surface area (Å²) in [5.41, 5.74) is 3.36. The predicted octanol–water partition coefficient (Wildman–Crippen LogP) is 4.36. The number of carbonyl (C=O) groups is 1. The van der Waals surface area contributed by atoms with Gasteiger partial charge >= 0.3 is 0 Å². The second-order valence-electron chi connectivity index (χ2n) is 6.23. The van der Waals surface area contributed by atoms with Gasteiger partial charge in [-0.3, -0.25) is 4.79 Å². The van der Waals surface area contributed by atoms with E-state index < -0.39 is 0 Å². The number of hydrogen-bond donors (Lipinski definition) is 1. The van der Waals surface area contributed by atoms with Crippen LogP contribution in [-0.4, -0.2) is 11.1 Å². The zero-order valence-corrected chi connectivity index (χ0v) is 15.2. The lowest BCUT2D eigenvalue weighted by Gasteiger charge is -2.15. The van der Waals surface area contributed by atoms with E-state index in [-0.39, 0.29) is 11.9 Å². The van der Waals surface area contributed by atoms with Crippen LogP contribution in [0.25, 0.3) is 0 Å². The predicted molar refractivity (Wildman–Crippen MR) is 99.1 cm³/mol. The van der Waals surface area contributed by atoms with Crippen molar-refractivity contribution in [1.29, 1.82) is 0 Å². The Balaban J connectivity index is 1.66. The fourth-order valence-electron chi connectivity index (χ4n) is 2.70. The average molecular weight is 350 g/mol. The van der Waals surface area contributed by atoms with E-state index in [9.17, 15) is 4.79 Å². The largest absolute Gasteiger partial charge is 0.489 e. The van der Waals surface area contributed by atoms with Gasteiger partial charge in [-0.1, -0.05) is 41.6 Å². The fraction of sp³-hybridized carbons (Fsp3) is 0.238. The number of ether oxygens (including phenoxy) is 1. The van der Waals surface area contributed by atoms with Crippen LogP contribution < -0.4 is 10.1 Å². The Kier molecular flexibility index (Phi) is 5.37. The van der Waals surface area contributed by atoms with Gasteiger partial charge in [0.25, 0.3) is 5.91 Å². The first-order chi connectivity index (χ1) is 12.5. The molecular weight excluding hydrogens is 328 g/mol. The van der Waals surface area contributed by atoms with Gasteiger partial charge in [-0.05, 0) is 44.5 Å². The smallest absolute Gasteiger partial charge is 0.251 e. The van der Waals surface area contributed by atoms with E-state index in [1.807, 2.05) is 63.2 Å². The number of benzene rings is 2. The molecule has 1 N–H and O–H groups in total. The monoisotopic (exact) mass is 350 g/mol. The van der Waals surface area contributed by atoms with Crippen molar-refractivity contribution in [2.45, 2.75) is 33.4 Å². The highest BCUT2D eigenvalue weighted by Crippen LogP contribution is 2.19. The van der Waals surface area contributed by atoms with E-state index in [0.29, 0.717) is 17.9 Å². The lowest BCUT2D eigenvalue weighted by Crippen LogP contribution is -2.26. The van der Waals surface area contributed by atoms with Crippen molar-refractivity contribution in [1.82, 2.24) is 10.5 Å². The Morgan fingerprint density at radius 2 is 1.92 bits per heavy atom. The highest BCUT2D eigenvalue weighted by Gasteiger charge is 2.13. The number of rotatable bonds is 6. The molecule has 0 aliphatic rings. The van der Waals surface area contributed by atoms with Crippen LogP contribution in [0.2, 0.25) is 0 Å². The third-order valence-electron chi connectivity index (χ3n) is 4.31. The van der Waals surface area contributed by atoms with Crippen LogP contribution in [0.4, 0.5) is 0 Å². The molecule has 5 heteroatoms. The van der Waals surface area contributed by atoms with Crippen molar-refractivity contribution >= 4 is 5.91 Å². The molecule has 0 fully saturated rings. The lowest BCUT2D eigenvalue weighted by molar-refractivity contribution is 0.0939. The number of nitrogens with one attached hydrogen (secondary N) is 1. The van der Waals surface area contributed by atoms with E-state index in [2.05, 4.69) is 10.5 Å². The van der Waals surface area contributed by atoms with Gasteiger partial charge in [0, 0.05) is 5.56 Å². The van der Waals surface area contributed by atoms with Crippen LogP contribution in [0.5, 0.6) is 5.75 Å². The summed E-state index contributed by atoms with van der Waals surface area (Å²) < 4.78 is 10.9. The third kappa shape index (κ3) is 4.11. The van der Waals surface area contributed by atoms with E-state index in [1.165, 1.54) is 0 Å². The molecule has 1 amide bonds. The molecular formula is C21H22N2O3. The summed E-state index contributed by atoms with van der Waals surface area (Å²) in [6, 6.07) is 16.9. The van der Waals surface area contributed by atoms with Gasteiger partial charge in [0.2, 0.25) is 0 Å². The molecule has 1 atom stereocenters. The topological polar surface area (TPSA) is 64.4 Å². The van der Waals surface area contributed by atoms with Crippen LogP contribution in [0.3, 0.4) is 0 Å². The summed E-state index contributed by atoms with van der Waals surface area (Å²) in [6.07, 6.45) is 0. The Morgan fingerprint density at radius 3 is 2.62 bits per heavy atom. The minimum absolute atomic E-state index is 0.0735. The zero-order chi connectivity index (χ0) is 18.5. The molecule has 0 bridgehead atoms. The maximum absolute atomic E-state index is 12.5. The molecule has 2 aromatic carbocycles. The van der Waals surface area contributed by atoms with Gasteiger partial charge in [-0.15, -0.1) is 0 Å². The highest BCUT2D eigenvalue weighted by atomic mass is 16.5. The maximum atomic E-state index is 12.5. The molecule has 1 unspecified atom stereocenters. The number of aromatic nitrogens is 1. The van der Waals surface area contributed by atoms with Crippen LogP contribution in [0.1, 0.15) is 45.9 Å². The van der Waals surface area contributed by atoms with Crippen molar-refractivity contribution in [3.8, 4) is 5.75 Å². The molecule has 5 nitrogen and oxygen atoms in total. The van der Waals surface area contributed by atoms with Crippen LogP contribution in [-0.2, 0) is 6.61 Å². The fourth-order valence-corrected chi connectivity index (χ4v) is 2.70. The maximum Gasteiger partial charge on any atom is 0.251 e. The van der Waals surface area contributed by atoms with E-state index in [4.69, 9.17) is 9.26 Å². The molecule has 0 radical (unpaired) electrons. The van der Waals surface area contributed by atoms with Crippen molar-refractivity contribution in [3.05, 3.63) is 82.7 Å². The quantitative estimate of drug-likeness (QED) is 0.717. The standard InChI is InChI=1S/C21H22N2O3/c1-14(17-8-5-4-6-9-17)22-21(24)18-10-7-11-19(12-18)25-13-20-15(2)23-26-16(20)3/h4-12,14H,13H2,1-3H3,(H,22,24). The summed E-state index contributed by atoms with van der Waals surface area (Å²) >= 11 is 0. The normalized spacial score (nSPS) is 11.8. The number of nitrogens with zero attached hydrogens (tertiary/aromatic N) is 1. The summed E-state index contributed by atoms with van der Waals surface area (Å²) in [7, 11) is 0. The zero-order valence-electron chi connectivity index (χ0n) is 15.2. The number of hydrogen-bond acceptors (Lipinski definition) is 4. The molecule has 26 heavy (non-hydrogen) atoms. The second-order valence-corrected chi connectivity index (χ2v) is 6.23. The van der Waals surface area contributed by atoms with Gasteiger partial charge in [0.05, 0.1) is 17.3 Å². The molecule has 0 saturated carbocycles. The minimum Gasteiger partial charge on any atom is -0.489 e. The molecule has 3 aromatic rings. The van der Waals surface area contributed by atoms with Crippen molar-refractivity contribution < 1.29 is 14.1 Å². The summed E-state index contributed by atoms with van der Waals surface area (Å²) in [6.45, 7) is 6.05. The summed E-state index contributed by atoms with van der Waals surface area (Å²) in [5.74, 6) is 1.24. The molecule has 1 heterocycles. The molecule has 0 aliphatic carbocycles. The highest BCUT2D eigenvalue weighted by molar-refractivity contribution is 5.94. The van der Waals surface area contributed by atoms with Crippen molar-refractivity contribution in [3.63, 3.8) is 0 Å². The summed E-state index contributed by atoms with van der Waals surface area (Å²) in [5, 5.41) is 6.92. The second kappa shape index (κ2) is 7.87. The Hall–Kier alpha value is -3.08. The average Bonchev–Trinajstić information content (AvgIpc) is 2.98. The van der Waals surface area contributed by atoms with E-state index >= 15 is 0 Å². The van der Waals surface area contributed by atoms with E-state index in [1.54, 1.807) is 12.1 Å². The van der Waals surface area contributed by atoms with Crippen LogP contribution in [0.15, 0.2) is 59.1 Å². The molecule has 1 aromatic heterocycles. The number of carbonyl (C=O) groups excluding carboxylic acids is 1. The molecule has 0 aliphatic heterocycles. The SMILES string of the molecule is Cc1noc(C)c1COc1cccc(C(=O)NC(C)c2ccccc2)c1. The van der Waals surface area contributed by atoms with Gasteiger partial charge in [0.15, 0.2) is 0 Å². The van der Waals surface area contributed by atoms with Crippen molar-refractivity contribution in [2.75, 3.05) is 0 Å². The first-order valence-electron chi connectivity index (χ1n) is 8.55. The van der Waals surface area contributed by atoms with Gasteiger partial charge in [-0.25, -0.2) is 0 Å². The van der Waals surface area contributed by atoms with Gasteiger partial charge in [0.1, 0.15) is 18.1 Å². The number of aryl methyl sites for hydroxylation is 2. The minimum atomic E-state index is -0.135. The number of amides is 1.